The number of rotatable bonds is 6. The Hall–Kier alpha value is -3.80. The molecule has 6 heteroatoms. The summed E-state index contributed by atoms with van der Waals surface area (Å²) in [5.41, 5.74) is 1.68. The highest BCUT2D eigenvalue weighted by Crippen LogP contribution is 2.26. The van der Waals surface area contributed by atoms with E-state index in [2.05, 4.69) is 34.9 Å². The molecular weight excluding hydrogens is 376 g/mol. The first kappa shape index (κ1) is 18.2. The van der Waals surface area contributed by atoms with Crippen LogP contribution >= 0.6 is 0 Å². The molecule has 0 aliphatic rings. The first-order valence-electron chi connectivity index (χ1n) is 9.93. The van der Waals surface area contributed by atoms with E-state index in [0.717, 1.165) is 44.8 Å². The van der Waals surface area contributed by atoms with Gasteiger partial charge in [-0.25, -0.2) is 9.97 Å². The summed E-state index contributed by atoms with van der Waals surface area (Å²) in [6, 6.07) is 20.2. The Morgan fingerprint density at radius 1 is 0.667 bits per heavy atom. The highest BCUT2D eigenvalue weighted by Gasteiger charge is 2.12. The lowest BCUT2D eigenvalue weighted by Crippen LogP contribution is -2.09. The van der Waals surface area contributed by atoms with Gasteiger partial charge in [-0.15, -0.1) is 0 Å². The van der Waals surface area contributed by atoms with Gasteiger partial charge in [0.1, 0.15) is 23.0 Å². The number of furan rings is 2. The number of hydrogen-bond donors (Lipinski definition) is 2. The van der Waals surface area contributed by atoms with Crippen LogP contribution in [0.3, 0.4) is 0 Å². The maximum absolute atomic E-state index is 5.68. The molecule has 5 rings (SSSR count). The number of aromatic nitrogens is 2. The molecule has 0 saturated carbocycles. The normalized spacial score (nSPS) is 11.3. The standard InChI is InChI=1S/C24H22N4O2/c1-15-7-9-19(29-15)13-25-23-24(26-14-20-10-8-16(2)30-20)28-22-12-18-6-4-3-5-17(18)11-21(22)27-23/h3-12H,13-14H2,1-2H3,(H,25,27)(H,26,28). The lowest BCUT2D eigenvalue weighted by molar-refractivity contribution is 0.489. The minimum absolute atomic E-state index is 0.524. The minimum Gasteiger partial charge on any atom is -0.465 e. The molecule has 2 N–H and O–H groups in total. The number of benzene rings is 2. The molecule has 0 spiro atoms. The average molecular weight is 398 g/mol. The first-order valence-corrected chi connectivity index (χ1v) is 9.93. The highest BCUT2D eigenvalue weighted by atomic mass is 16.3. The maximum atomic E-state index is 5.68. The number of fused-ring (bicyclic) bond motifs is 2. The molecule has 0 bridgehead atoms. The highest BCUT2D eigenvalue weighted by molar-refractivity contribution is 5.96. The molecule has 3 heterocycles. The molecule has 3 aromatic heterocycles. The Morgan fingerprint density at radius 2 is 1.13 bits per heavy atom. The lowest BCUT2D eigenvalue weighted by Gasteiger charge is -2.13. The number of nitrogens with zero attached hydrogens (tertiary/aromatic N) is 2. The van der Waals surface area contributed by atoms with E-state index in [4.69, 9.17) is 18.8 Å². The lowest BCUT2D eigenvalue weighted by atomic mass is 10.1. The third kappa shape index (κ3) is 3.72. The predicted molar refractivity (Wildman–Crippen MR) is 119 cm³/mol. The minimum atomic E-state index is 0.524. The molecule has 0 atom stereocenters. The van der Waals surface area contributed by atoms with Crippen LogP contribution in [0, 0.1) is 13.8 Å². The Morgan fingerprint density at radius 3 is 1.53 bits per heavy atom. The van der Waals surface area contributed by atoms with Gasteiger partial charge in [0.05, 0.1) is 24.1 Å². The van der Waals surface area contributed by atoms with E-state index in [9.17, 15) is 0 Å². The zero-order chi connectivity index (χ0) is 20.5. The van der Waals surface area contributed by atoms with E-state index >= 15 is 0 Å². The monoisotopic (exact) mass is 398 g/mol. The third-order valence-electron chi connectivity index (χ3n) is 4.98. The summed E-state index contributed by atoms with van der Waals surface area (Å²) in [6.45, 7) is 4.91. The van der Waals surface area contributed by atoms with Gasteiger partial charge < -0.3 is 19.5 Å². The Labute approximate surface area is 173 Å². The van der Waals surface area contributed by atoms with E-state index in [0.29, 0.717) is 24.7 Å². The SMILES string of the molecule is Cc1ccc(CNc2nc3cc4ccccc4cc3nc2NCc2ccc(C)o2)o1. The summed E-state index contributed by atoms with van der Waals surface area (Å²) in [7, 11) is 0. The molecule has 0 aliphatic carbocycles. The predicted octanol–water partition coefficient (Wildman–Crippen LogP) is 5.81. The van der Waals surface area contributed by atoms with Crippen molar-refractivity contribution in [1.82, 2.24) is 9.97 Å². The summed E-state index contributed by atoms with van der Waals surface area (Å²) in [5.74, 6) is 4.81. The van der Waals surface area contributed by atoms with Gasteiger partial charge in [0.25, 0.3) is 0 Å². The second-order valence-electron chi connectivity index (χ2n) is 7.34. The molecule has 0 radical (unpaired) electrons. The molecule has 150 valence electrons. The fourth-order valence-electron chi connectivity index (χ4n) is 3.49. The van der Waals surface area contributed by atoms with Crippen LogP contribution in [0.15, 0.2) is 69.5 Å². The molecule has 30 heavy (non-hydrogen) atoms. The molecular formula is C24H22N4O2. The summed E-state index contributed by atoms with van der Waals surface area (Å²) in [5, 5.41) is 9.00. The van der Waals surface area contributed by atoms with Crippen molar-refractivity contribution in [1.29, 1.82) is 0 Å². The van der Waals surface area contributed by atoms with Crippen molar-refractivity contribution in [2.24, 2.45) is 0 Å². The molecule has 0 unspecified atom stereocenters. The number of anilines is 2. The van der Waals surface area contributed by atoms with Crippen LogP contribution in [0.1, 0.15) is 23.0 Å². The molecule has 0 amide bonds. The largest absolute Gasteiger partial charge is 0.465 e. The molecule has 0 saturated heterocycles. The number of hydrogen-bond acceptors (Lipinski definition) is 6. The molecule has 5 aromatic rings. The summed E-state index contributed by atoms with van der Waals surface area (Å²) in [6.07, 6.45) is 0. The van der Waals surface area contributed by atoms with E-state index in [-0.39, 0.29) is 0 Å². The van der Waals surface area contributed by atoms with E-state index in [1.165, 1.54) is 0 Å². The molecule has 0 fully saturated rings. The van der Waals surface area contributed by atoms with Gasteiger partial charge in [0.2, 0.25) is 0 Å². The summed E-state index contributed by atoms with van der Waals surface area (Å²) in [4.78, 5) is 9.71. The van der Waals surface area contributed by atoms with Gasteiger partial charge in [-0.2, -0.15) is 0 Å². The van der Waals surface area contributed by atoms with Crippen LogP contribution in [0.5, 0.6) is 0 Å². The Kier molecular flexibility index (Phi) is 4.59. The van der Waals surface area contributed by atoms with Crippen molar-refractivity contribution in [3.8, 4) is 0 Å². The van der Waals surface area contributed by atoms with Gasteiger partial charge in [-0.3, -0.25) is 0 Å². The fraction of sp³-hybridized carbons (Fsp3) is 0.167. The van der Waals surface area contributed by atoms with E-state index < -0.39 is 0 Å². The van der Waals surface area contributed by atoms with Crippen LogP contribution in [-0.4, -0.2) is 9.97 Å². The zero-order valence-corrected chi connectivity index (χ0v) is 16.9. The van der Waals surface area contributed by atoms with Gasteiger partial charge in [0.15, 0.2) is 11.6 Å². The Bertz CT molecular complexity index is 1230. The molecule has 0 aliphatic heterocycles. The van der Waals surface area contributed by atoms with Crippen molar-refractivity contribution in [3.05, 3.63) is 83.7 Å². The second kappa shape index (κ2) is 7.55. The van der Waals surface area contributed by atoms with Crippen LogP contribution in [0.4, 0.5) is 11.6 Å². The molecule has 6 nitrogen and oxygen atoms in total. The summed E-state index contributed by atoms with van der Waals surface area (Å²) >= 11 is 0. The zero-order valence-electron chi connectivity index (χ0n) is 16.9. The number of aryl methyl sites for hydroxylation is 2. The van der Waals surface area contributed by atoms with Crippen molar-refractivity contribution in [3.63, 3.8) is 0 Å². The smallest absolute Gasteiger partial charge is 0.170 e. The number of nitrogens with one attached hydrogen (secondary N) is 2. The average Bonchev–Trinajstić information content (AvgIpc) is 3.36. The van der Waals surface area contributed by atoms with Gasteiger partial charge >= 0.3 is 0 Å². The van der Waals surface area contributed by atoms with Crippen LogP contribution in [0.25, 0.3) is 21.8 Å². The van der Waals surface area contributed by atoms with E-state index in [1.807, 2.05) is 50.2 Å². The van der Waals surface area contributed by atoms with Crippen LogP contribution < -0.4 is 10.6 Å². The second-order valence-corrected chi connectivity index (χ2v) is 7.34. The topological polar surface area (TPSA) is 76.1 Å². The van der Waals surface area contributed by atoms with Gasteiger partial charge in [0, 0.05) is 0 Å². The third-order valence-corrected chi connectivity index (χ3v) is 4.98. The fourth-order valence-corrected chi connectivity index (χ4v) is 3.49. The Balaban J connectivity index is 1.51. The van der Waals surface area contributed by atoms with Crippen molar-refractivity contribution in [2.45, 2.75) is 26.9 Å². The van der Waals surface area contributed by atoms with Crippen LogP contribution in [0.2, 0.25) is 0 Å². The maximum Gasteiger partial charge on any atom is 0.170 e. The van der Waals surface area contributed by atoms with Gasteiger partial charge in [-0.05, 0) is 61.0 Å². The van der Waals surface area contributed by atoms with E-state index in [1.54, 1.807) is 0 Å². The quantitative estimate of drug-likeness (QED) is 0.352. The van der Waals surface area contributed by atoms with Crippen molar-refractivity contribution >= 4 is 33.4 Å². The van der Waals surface area contributed by atoms with Crippen molar-refractivity contribution in [2.75, 3.05) is 10.6 Å². The molecule has 2 aromatic carbocycles. The van der Waals surface area contributed by atoms with Crippen molar-refractivity contribution < 1.29 is 8.83 Å². The first-order chi connectivity index (χ1) is 14.6. The van der Waals surface area contributed by atoms with Gasteiger partial charge in [-0.1, -0.05) is 24.3 Å². The summed E-state index contributed by atoms with van der Waals surface area (Å²) < 4.78 is 11.4. The van der Waals surface area contributed by atoms with Crippen LogP contribution in [-0.2, 0) is 13.1 Å².